The number of guanidine groups is 1. The molecule has 0 aliphatic carbocycles. The third-order valence-electron chi connectivity index (χ3n) is 4.96. The van der Waals surface area contributed by atoms with Gasteiger partial charge in [-0.3, -0.25) is 5.32 Å². The fraction of sp³-hybridized carbons (Fsp3) is 0.0909. The summed E-state index contributed by atoms with van der Waals surface area (Å²) in [7, 11) is 0. The number of aromatic nitrogens is 1. The van der Waals surface area contributed by atoms with Crippen molar-refractivity contribution in [3.8, 4) is 18.0 Å². The van der Waals surface area contributed by atoms with Crippen molar-refractivity contribution >= 4 is 46.5 Å². The largest absolute Gasteiger partial charge is 0.489 e. The Balaban J connectivity index is 1.64. The van der Waals surface area contributed by atoms with Gasteiger partial charge in [-0.25, -0.2) is 9.98 Å². The second kappa shape index (κ2) is 9.13. The van der Waals surface area contributed by atoms with E-state index in [9.17, 15) is 5.26 Å². The molecule has 11 heteroatoms. The van der Waals surface area contributed by atoms with Crippen LogP contribution in [0.2, 0.25) is 10.0 Å². The van der Waals surface area contributed by atoms with Crippen molar-refractivity contribution in [1.29, 1.82) is 10.5 Å². The van der Waals surface area contributed by atoms with E-state index in [0.29, 0.717) is 27.2 Å². The molecule has 33 heavy (non-hydrogen) atoms. The SMILES string of the molecule is N#CNC1=NC(c2ccc(OCc3ccc(Cl)cc3Cl)cc2)c2c(nc(N)c(C#N)c2N)N1. The summed E-state index contributed by atoms with van der Waals surface area (Å²) < 4.78 is 5.83. The highest BCUT2D eigenvalue weighted by Crippen LogP contribution is 2.40. The maximum Gasteiger partial charge on any atom is 0.211 e. The molecule has 0 saturated carbocycles. The van der Waals surface area contributed by atoms with Crippen LogP contribution in [0, 0.1) is 22.8 Å². The van der Waals surface area contributed by atoms with E-state index in [0.717, 1.165) is 11.1 Å². The summed E-state index contributed by atoms with van der Waals surface area (Å²) in [6, 6.07) is 13.7. The number of pyridine rings is 1. The molecule has 0 saturated heterocycles. The minimum atomic E-state index is -0.628. The molecule has 1 aliphatic rings. The summed E-state index contributed by atoms with van der Waals surface area (Å²) in [5, 5.41) is 24.8. The molecule has 1 aromatic heterocycles. The first-order valence-electron chi connectivity index (χ1n) is 9.56. The summed E-state index contributed by atoms with van der Waals surface area (Å²) in [5.74, 6) is 1.10. The zero-order valence-electron chi connectivity index (χ0n) is 16.9. The summed E-state index contributed by atoms with van der Waals surface area (Å²) >= 11 is 12.1. The fourth-order valence-corrected chi connectivity index (χ4v) is 3.83. The first-order chi connectivity index (χ1) is 15.9. The maximum atomic E-state index is 9.42. The molecule has 0 amide bonds. The third kappa shape index (κ3) is 4.41. The summed E-state index contributed by atoms with van der Waals surface area (Å²) in [6.07, 6.45) is 1.82. The number of nitriles is 2. The van der Waals surface area contributed by atoms with E-state index in [-0.39, 0.29) is 29.6 Å². The molecule has 0 radical (unpaired) electrons. The van der Waals surface area contributed by atoms with Crippen LogP contribution in [0.3, 0.4) is 0 Å². The highest BCUT2D eigenvalue weighted by atomic mass is 35.5. The lowest BCUT2D eigenvalue weighted by molar-refractivity contribution is 0.306. The normalized spacial score (nSPS) is 14.2. The number of benzene rings is 2. The quantitative estimate of drug-likeness (QED) is 0.324. The first-order valence-corrected chi connectivity index (χ1v) is 10.3. The predicted molar refractivity (Wildman–Crippen MR) is 127 cm³/mol. The summed E-state index contributed by atoms with van der Waals surface area (Å²) in [6.45, 7) is 0.265. The Hall–Kier alpha value is -4.18. The Morgan fingerprint density at radius 2 is 1.88 bits per heavy atom. The zero-order chi connectivity index (χ0) is 23.5. The molecule has 2 aromatic carbocycles. The lowest BCUT2D eigenvalue weighted by atomic mass is 9.95. The highest BCUT2D eigenvalue weighted by Gasteiger charge is 2.29. The molecule has 0 spiro atoms. The van der Waals surface area contributed by atoms with Gasteiger partial charge in [-0.05, 0) is 29.8 Å². The number of hydrogen-bond acceptors (Lipinski definition) is 9. The van der Waals surface area contributed by atoms with Crippen LogP contribution in [0.1, 0.15) is 28.3 Å². The Morgan fingerprint density at radius 3 is 2.55 bits per heavy atom. The Bertz CT molecular complexity index is 1340. The molecule has 6 N–H and O–H groups in total. The third-order valence-corrected chi connectivity index (χ3v) is 5.55. The van der Waals surface area contributed by atoms with Crippen LogP contribution in [0.15, 0.2) is 47.5 Å². The van der Waals surface area contributed by atoms with Crippen LogP contribution in [-0.4, -0.2) is 10.9 Å². The number of halogens is 2. The van der Waals surface area contributed by atoms with Gasteiger partial charge in [0.1, 0.15) is 41.7 Å². The van der Waals surface area contributed by atoms with Gasteiger partial charge in [0.05, 0.1) is 5.69 Å². The number of nitrogens with zero attached hydrogens (tertiary/aromatic N) is 4. The number of anilines is 3. The standard InChI is InChI=1S/C22H16Cl2N8O/c23-13-4-1-12(16(24)7-13)9-33-14-5-2-11(3-6-14)19-17-18(27)15(8-25)20(28)31-21(17)32-22(30-19)29-10-26/h1-7,19H,9H2,(H6,27,28,29,30,31,32). The van der Waals surface area contributed by atoms with Crippen molar-refractivity contribution in [3.63, 3.8) is 0 Å². The van der Waals surface area contributed by atoms with E-state index in [2.05, 4.69) is 20.6 Å². The smallest absolute Gasteiger partial charge is 0.211 e. The van der Waals surface area contributed by atoms with Crippen LogP contribution < -0.4 is 26.8 Å². The van der Waals surface area contributed by atoms with Gasteiger partial charge in [-0.15, -0.1) is 0 Å². The number of rotatable bonds is 4. The van der Waals surface area contributed by atoms with E-state index < -0.39 is 6.04 Å². The molecule has 0 fully saturated rings. The highest BCUT2D eigenvalue weighted by molar-refractivity contribution is 6.35. The van der Waals surface area contributed by atoms with Gasteiger partial charge in [0.15, 0.2) is 6.19 Å². The first kappa shape index (κ1) is 22.0. The van der Waals surface area contributed by atoms with Gasteiger partial charge in [0.2, 0.25) is 5.96 Å². The number of fused-ring (bicyclic) bond motifs is 1. The summed E-state index contributed by atoms with van der Waals surface area (Å²) in [5.41, 5.74) is 14.4. The van der Waals surface area contributed by atoms with Crippen molar-refractivity contribution in [2.45, 2.75) is 12.6 Å². The van der Waals surface area contributed by atoms with Crippen LogP contribution in [0.5, 0.6) is 5.75 Å². The van der Waals surface area contributed by atoms with Crippen molar-refractivity contribution in [2.24, 2.45) is 4.99 Å². The van der Waals surface area contributed by atoms with E-state index in [1.54, 1.807) is 30.3 Å². The molecule has 0 bridgehead atoms. The number of hydrogen-bond donors (Lipinski definition) is 4. The van der Waals surface area contributed by atoms with Gasteiger partial charge in [0.25, 0.3) is 0 Å². The zero-order valence-corrected chi connectivity index (χ0v) is 18.4. The number of nitrogens with two attached hydrogens (primary N) is 2. The molecule has 3 aromatic rings. The van der Waals surface area contributed by atoms with E-state index in [4.69, 9.17) is 44.7 Å². The molecule has 4 rings (SSSR count). The van der Waals surface area contributed by atoms with Gasteiger partial charge >= 0.3 is 0 Å². The molecular weight excluding hydrogens is 463 g/mol. The average Bonchev–Trinajstić information content (AvgIpc) is 2.79. The van der Waals surface area contributed by atoms with Gasteiger partial charge in [-0.2, -0.15) is 10.5 Å². The predicted octanol–water partition coefficient (Wildman–Crippen LogP) is 3.95. The molecular formula is C22H16Cl2N8O. The van der Waals surface area contributed by atoms with Crippen LogP contribution in [0.25, 0.3) is 0 Å². The van der Waals surface area contributed by atoms with E-state index in [1.165, 1.54) is 0 Å². The van der Waals surface area contributed by atoms with Crippen LogP contribution in [-0.2, 0) is 6.61 Å². The Morgan fingerprint density at radius 1 is 1.12 bits per heavy atom. The lowest BCUT2D eigenvalue weighted by Gasteiger charge is -2.26. The van der Waals surface area contributed by atoms with Gasteiger partial charge in [0, 0.05) is 21.2 Å². The summed E-state index contributed by atoms with van der Waals surface area (Å²) in [4.78, 5) is 8.76. The topological polar surface area (TPSA) is 158 Å². The molecule has 1 aliphatic heterocycles. The van der Waals surface area contributed by atoms with Crippen molar-refractivity contribution in [1.82, 2.24) is 10.3 Å². The number of nitrogen functional groups attached to an aromatic ring is 2. The van der Waals surface area contributed by atoms with Crippen molar-refractivity contribution in [2.75, 3.05) is 16.8 Å². The van der Waals surface area contributed by atoms with Crippen LogP contribution >= 0.6 is 23.2 Å². The van der Waals surface area contributed by atoms with Gasteiger partial charge < -0.3 is 21.5 Å². The second-order valence-electron chi connectivity index (χ2n) is 7.00. The van der Waals surface area contributed by atoms with Crippen LogP contribution in [0.4, 0.5) is 17.3 Å². The lowest BCUT2D eigenvalue weighted by Crippen LogP contribution is -2.32. The minimum Gasteiger partial charge on any atom is -0.489 e. The van der Waals surface area contributed by atoms with E-state index in [1.807, 2.05) is 24.4 Å². The Kier molecular flexibility index (Phi) is 6.09. The fourth-order valence-electron chi connectivity index (χ4n) is 3.37. The van der Waals surface area contributed by atoms with E-state index >= 15 is 0 Å². The molecule has 9 nitrogen and oxygen atoms in total. The maximum absolute atomic E-state index is 9.42. The molecule has 164 valence electrons. The molecule has 2 heterocycles. The number of nitrogens with one attached hydrogen (secondary N) is 2. The molecule has 1 atom stereocenters. The molecule has 1 unspecified atom stereocenters. The minimum absolute atomic E-state index is 0.0113. The Labute approximate surface area is 199 Å². The van der Waals surface area contributed by atoms with Crippen molar-refractivity contribution in [3.05, 3.63) is 74.8 Å². The monoisotopic (exact) mass is 478 g/mol. The number of aliphatic imine (C=N–C) groups is 1. The average molecular weight is 479 g/mol. The van der Waals surface area contributed by atoms with Gasteiger partial charge in [-0.1, -0.05) is 41.4 Å². The second-order valence-corrected chi connectivity index (χ2v) is 7.84. The number of ether oxygens (including phenoxy) is 1. The van der Waals surface area contributed by atoms with Crippen molar-refractivity contribution < 1.29 is 4.74 Å².